The van der Waals surface area contributed by atoms with Crippen LogP contribution in [0.15, 0.2) is 42.5 Å². The number of allylic oxidation sites excluding steroid dienone is 1. The summed E-state index contributed by atoms with van der Waals surface area (Å²) in [4.78, 5) is 25.7. The maximum absolute atomic E-state index is 12.6. The van der Waals surface area contributed by atoms with Gasteiger partial charge in [-0.15, -0.1) is 0 Å². The van der Waals surface area contributed by atoms with Gasteiger partial charge in [0, 0.05) is 6.61 Å². The predicted octanol–water partition coefficient (Wildman–Crippen LogP) is 3.47. The van der Waals surface area contributed by atoms with E-state index in [1.807, 2.05) is 36.4 Å². The minimum Gasteiger partial charge on any atom is -0.446 e. The molecule has 0 spiro atoms. The lowest BCUT2D eigenvalue weighted by Gasteiger charge is -2.34. The molecule has 2 aliphatic heterocycles. The van der Waals surface area contributed by atoms with Gasteiger partial charge < -0.3 is 9.47 Å². The monoisotopic (exact) mass is 329 g/mol. The zero-order chi connectivity index (χ0) is 17.2. The van der Waals surface area contributed by atoms with Crippen LogP contribution in [-0.2, 0) is 14.3 Å². The van der Waals surface area contributed by atoms with Crippen LogP contribution in [0.1, 0.15) is 38.3 Å². The summed E-state index contributed by atoms with van der Waals surface area (Å²) in [7, 11) is 0. The van der Waals surface area contributed by atoms with E-state index in [1.54, 1.807) is 0 Å². The molecule has 1 aromatic rings. The van der Waals surface area contributed by atoms with Gasteiger partial charge in [-0.25, -0.2) is 9.69 Å². The summed E-state index contributed by atoms with van der Waals surface area (Å²) in [6.07, 6.45) is 4.59. The van der Waals surface area contributed by atoms with Gasteiger partial charge in [0.05, 0.1) is 5.60 Å². The molecule has 3 rings (SSSR count). The van der Waals surface area contributed by atoms with Gasteiger partial charge in [-0.1, -0.05) is 36.4 Å². The van der Waals surface area contributed by atoms with Crippen molar-refractivity contribution in [1.82, 2.24) is 4.90 Å². The Hall–Kier alpha value is -2.14. The lowest BCUT2D eigenvalue weighted by atomic mass is 9.88. The maximum Gasteiger partial charge on any atom is 0.417 e. The van der Waals surface area contributed by atoms with E-state index < -0.39 is 6.09 Å². The Bertz CT molecular complexity index is 638. The van der Waals surface area contributed by atoms with Gasteiger partial charge in [0.1, 0.15) is 12.6 Å². The van der Waals surface area contributed by atoms with Crippen molar-refractivity contribution in [3.05, 3.63) is 48.0 Å². The fourth-order valence-corrected chi connectivity index (χ4v) is 3.33. The van der Waals surface area contributed by atoms with E-state index in [0.29, 0.717) is 6.61 Å². The van der Waals surface area contributed by atoms with Crippen LogP contribution in [0.4, 0.5) is 4.79 Å². The minimum atomic E-state index is -0.578. The smallest absolute Gasteiger partial charge is 0.417 e. The first kappa shape index (κ1) is 16.7. The van der Waals surface area contributed by atoms with E-state index in [9.17, 15) is 9.59 Å². The molecule has 0 aliphatic carbocycles. The number of amides is 2. The molecule has 0 aromatic heterocycles. The fraction of sp³-hybridized carbons (Fsp3) is 0.474. The lowest BCUT2D eigenvalue weighted by Crippen LogP contribution is -2.34. The molecule has 2 aliphatic rings. The second kappa shape index (κ2) is 6.77. The zero-order valence-electron chi connectivity index (χ0n) is 14.1. The average molecular weight is 329 g/mol. The van der Waals surface area contributed by atoms with E-state index >= 15 is 0 Å². The van der Waals surface area contributed by atoms with Gasteiger partial charge in [-0.3, -0.25) is 4.79 Å². The third kappa shape index (κ3) is 3.67. The summed E-state index contributed by atoms with van der Waals surface area (Å²) in [5.41, 5.74) is 0.729. The molecule has 24 heavy (non-hydrogen) atoms. The van der Waals surface area contributed by atoms with E-state index in [-0.39, 0.29) is 30.1 Å². The molecular formula is C19H23NO4. The van der Waals surface area contributed by atoms with Crippen LogP contribution in [0.2, 0.25) is 0 Å². The van der Waals surface area contributed by atoms with E-state index in [0.717, 1.165) is 18.4 Å². The highest BCUT2D eigenvalue weighted by Crippen LogP contribution is 2.30. The standard InChI is InChI=1S/C19H23NO4/c1-19(2)12-14(10-11-24-19)8-9-17(21)20-16(13-23-18(20)22)15-6-4-3-5-7-15/h3-9,14,16H,10-13H2,1-2H3/b9-8+/t14?,16-/m0/s1. The maximum atomic E-state index is 12.6. The van der Waals surface area contributed by atoms with Crippen molar-refractivity contribution >= 4 is 12.0 Å². The number of hydrogen-bond donors (Lipinski definition) is 0. The Morgan fingerprint density at radius 1 is 1.29 bits per heavy atom. The number of imide groups is 1. The average Bonchev–Trinajstić information content (AvgIpc) is 2.94. The van der Waals surface area contributed by atoms with Crippen LogP contribution in [0.5, 0.6) is 0 Å². The van der Waals surface area contributed by atoms with Crippen LogP contribution in [0, 0.1) is 5.92 Å². The molecule has 2 saturated heterocycles. The quantitative estimate of drug-likeness (QED) is 0.797. The Labute approximate surface area is 142 Å². The Morgan fingerprint density at radius 3 is 2.75 bits per heavy atom. The summed E-state index contributed by atoms with van der Waals surface area (Å²) in [5.74, 6) is -0.0397. The number of ether oxygens (including phenoxy) is 2. The van der Waals surface area contributed by atoms with Gasteiger partial charge in [0.2, 0.25) is 0 Å². The number of hydrogen-bond acceptors (Lipinski definition) is 4. The molecule has 0 saturated carbocycles. The predicted molar refractivity (Wildman–Crippen MR) is 89.3 cm³/mol. The summed E-state index contributed by atoms with van der Waals surface area (Å²) in [6.45, 7) is 5.00. The van der Waals surface area contributed by atoms with Crippen molar-refractivity contribution < 1.29 is 19.1 Å². The lowest BCUT2D eigenvalue weighted by molar-refractivity contribution is -0.124. The molecule has 0 bridgehead atoms. The van der Waals surface area contributed by atoms with Gasteiger partial charge in [0.25, 0.3) is 5.91 Å². The number of carbonyl (C=O) groups is 2. The first-order chi connectivity index (χ1) is 11.5. The first-order valence-electron chi connectivity index (χ1n) is 8.33. The second-order valence-corrected chi connectivity index (χ2v) is 6.93. The molecule has 2 atom stereocenters. The summed E-state index contributed by atoms with van der Waals surface area (Å²) >= 11 is 0. The third-order valence-electron chi connectivity index (χ3n) is 4.54. The number of benzene rings is 1. The van der Waals surface area contributed by atoms with Crippen molar-refractivity contribution in [2.45, 2.75) is 38.3 Å². The largest absolute Gasteiger partial charge is 0.446 e. The molecule has 5 nitrogen and oxygen atoms in total. The van der Waals surface area contributed by atoms with Gasteiger partial charge in [0.15, 0.2) is 0 Å². The Balaban J connectivity index is 1.71. The number of cyclic esters (lactones) is 1. The topological polar surface area (TPSA) is 55.8 Å². The Morgan fingerprint density at radius 2 is 2.04 bits per heavy atom. The fourth-order valence-electron chi connectivity index (χ4n) is 3.33. The van der Waals surface area contributed by atoms with Crippen LogP contribution >= 0.6 is 0 Å². The van der Waals surface area contributed by atoms with E-state index in [1.165, 1.54) is 11.0 Å². The highest BCUT2D eigenvalue weighted by atomic mass is 16.6. The van der Waals surface area contributed by atoms with Crippen LogP contribution < -0.4 is 0 Å². The number of carbonyl (C=O) groups excluding carboxylic acids is 2. The first-order valence-corrected chi connectivity index (χ1v) is 8.33. The van der Waals surface area contributed by atoms with Crippen LogP contribution in [0.25, 0.3) is 0 Å². The van der Waals surface area contributed by atoms with Gasteiger partial charge in [-0.05, 0) is 44.2 Å². The highest BCUT2D eigenvalue weighted by molar-refractivity contribution is 5.99. The van der Waals surface area contributed by atoms with Crippen LogP contribution in [-0.4, -0.2) is 35.7 Å². The van der Waals surface area contributed by atoms with Gasteiger partial charge >= 0.3 is 6.09 Å². The van der Waals surface area contributed by atoms with Crippen molar-refractivity contribution in [2.75, 3.05) is 13.2 Å². The molecule has 1 aromatic carbocycles. The SMILES string of the molecule is CC1(C)CC(/C=C/C(=O)N2C(=O)OC[C@H]2c2ccccc2)CCO1. The zero-order valence-corrected chi connectivity index (χ0v) is 14.1. The number of nitrogens with zero attached hydrogens (tertiary/aromatic N) is 1. The minimum absolute atomic E-state index is 0.171. The molecule has 0 N–H and O–H groups in total. The van der Waals surface area contributed by atoms with E-state index in [4.69, 9.17) is 9.47 Å². The molecule has 2 heterocycles. The molecule has 1 unspecified atom stereocenters. The highest BCUT2D eigenvalue weighted by Gasteiger charge is 2.38. The van der Waals surface area contributed by atoms with Crippen molar-refractivity contribution in [1.29, 1.82) is 0 Å². The Kier molecular flexibility index (Phi) is 4.71. The summed E-state index contributed by atoms with van der Waals surface area (Å²) in [5, 5.41) is 0. The third-order valence-corrected chi connectivity index (χ3v) is 4.54. The second-order valence-electron chi connectivity index (χ2n) is 6.93. The molecule has 128 valence electrons. The normalized spacial score (nSPS) is 26.6. The summed E-state index contributed by atoms with van der Waals surface area (Å²) < 4.78 is 10.8. The molecular weight excluding hydrogens is 306 g/mol. The van der Waals surface area contributed by atoms with Crippen molar-refractivity contribution in [3.63, 3.8) is 0 Å². The molecule has 0 radical (unpaired) electrons. The van der Waals surface area contributed by atoms with Crippen molar-refractivity contribution in [2.24, 2.45) is 5.92 Å². The van der Waals surface area contributed by atoms with Crippen molar-refractivity contribution in [3.8, 4) is 0 Å². The molecule has 2 amide bonds. The molecule has 2 fully saturated rings. The number of rotatable bonds is 3. The van der Waals surface area contributed by atoms with Gasteiger partial charge in [-0.2, -0.15) is 0 Å². The summed E-state index contributed by atoms with van der Waals surface area (Å²) in [6, 6.07) is 9.12. The van der Waals surface area contributed by atoms with Crippen LogP contribution in [0.3, 0.4) is 0 Å². The molecule has 5 heteroatoms. The van der Waals surface area contributed by atoms with E-state index in [2.05, 4.69) is 13.8 Å².